The highest BCUT2D eigenvalue weighted by molar-refractivity contribution is 9.10. The van der Waals surface area contributed by atoms with E-state index in [1.165, 1.54) is 0 Å². The molecule has 2 rings (SSSR count). The average Bonchev–Trinajstić information content (AvgIpc) is 3.09. The third kappa shape index (κ3) is 3.54. The lowest BCUT2D eigenvalue weighted by Gasteiger charge is -2.11. The maximum Gasteiger partial charge on any atom is 0.243 e. The van der Waals surface area contributed by atoms with Crippen LogP contribution < -0.4 is 16.4 Å². The van der Waals surface area contributed by atoms with E-state index in [4.69, 9.17) is 5.73 Å². The number of halogens is 1. The van der Waals surface area contributed by atoms with E-state index >= 15 is 0 Å². The van der Waals surface area contributed by atoms with Gasteiger partial charge in [-0.2, -0.15) is 0 Å². The third-order valence-electron chi connectivity index (χ3n) is 3.11. The van der Waals surface area contributed by atoms with Crippen LogP contribution in [0, 0.1) is 6.92 Å². The summed E-state index contributed by atoms with van der Waals surface area (Å²) in [6, 6.07) is 5.57. The predicted octanol–water partition coefficient (Wildman–Crippen LogP) is 1.30. The highest BCUT2D eigenvalue weighted by Crippen LogP contribution is 2.31. The van der Waals surface area contributed by atoms with E-state index in [1.54, 1.807) is 0 Å². The zero-order valence-corrected chi connectivity index (χ0v) is 12.2. The Hall–Kier alpha value is -1.40. The second-order valence-corrected chi connectivity index (χ2v) is 5.76. The molecule has 5 nitrogen and oxygen atoms in total. The Morgan fingerprint density at radius 3 is 2.68 bits per heavy atom. The molecule has 0 saturated heterocycles. The fraction of sp³-hybridized carbons (Fsp3) is 0.385. The lowest BCUT2D eigenvalue weighted by molar-refractivity contribution is -0.125. The van der Waals surface area contributed by atoms with Gasteiger partial charge in [-0.25, -0.2) is 0 Å². The van der Waals surface area contributed by atoms with E-state index in [0.717, 1.165) is 15.7 Å². The molecule has 1 aliphatic carbocycles. The van der Waals surface area contributed by atoms with Gasteiger partial charge in [-0.05, 0) is 43.5 Å². The van der Waals surface area contributed by atoms with Gasteiger partial charge >= 0.3 is 0 Å². The molecular formula is C13H16BrN3O2. The maximum absolute atomic E-state index is 11.7. The number of anilines is 1. The van der Waals surface area contributed by atoms with Crippen LogP contribution in [0.1, 0.15) is 18.4 Å². The molecule has 0 spiro atoms. The van der Waals surface area contributed by atoms with Crippen LogP contribution in [0.5, 0.6) is 0 Å². The summed E-state index contributed by atoms with van der Waals surface area (Å²) in [6.07, 6.45) is 1.37. The molecule has 0 radical (unpaired) electrons. The largest absolute Gasteiger partial charge is 0.345 e. The van der Waals surface area contributed by atoms with Gasteiger partial charge in [0.15, 0.2) is 0 Å². The standard InChI is InChI=1S/C13H16BrN3O2/c1-8-6-9(14)2-3-10(8)17-11(18)7-16-12(19)13(15)4-5-13/h2-3,6H,4-5,7,15H2,1H3,(H,16,19)(H,17,18). The van der Waals surface area contributed by atoms with Crippen molar-refractivity contribution >= 4 is 33.4 Å². The monoisotopic (exact) mass is 325 g/mol. The molecule has 4 N–H and O–H groups in total. The fourth-order valence-corrected chi connectivity index (χ4v) is 2.14. The summed E-state index contributed by atoms with van der Waals surface area (Å²) in [4.78, 5) is 23.3. The molecule has 19 heavy (non-hydrogen) atoms. The number of carbonyl (C=O) groups is 2. The molecule has 1 aliphatic rings. The molecular weight excluding hydrogens is 310 g/mol. The number of rotatable bonds is 4. The van der Waals surface area contributed by atoms with Crippen LogP contribution in [-0.2, 0) is 9.59 Å². The van der Waals surface area contributed by atoms with Crippen molar-refractivity contribution in [3.8, 4) is 0 Å². The second kappa shape index (κ2) is 5.30. The van der Waals surface area contributed by atoms with Gasteiger partial charge in [-0.3, -0.25) is 9.59 Å². The summed E-state index contributed by atoms with van der Waals surface area (Å²) in [6.45, 7) is 1.84. The molecule has 0 aromatic heterocycles. The van der Waals surface area contributed by atoms with Crippen molar-refractivity contribution in [2.24, 2.45) is 5.73 Å². The van der Waals surface area contributed by atoms with Crippen LogP contribution in [0.2, 0.25) is 0 Å². The number of benzene rings is 1. The van der Waals surface area contributed by atoms with Crippen molar-refractivity contribution in [1.29, 1.82) is 0 Å². The molecule has 0 bridgehead atoms. The summed E-state index contributed by atoms with van der Waals surface area (Å²) in [5, 5.41) is 5.30. The Morgan fingerprint density at radius 2 is 2.11 bits per heavy atom. The average molecular weight is 326 g/mol. The smallest absolute Gasteiger partial charge is 0.243 e. The summed E-state index contributed by atoms with van der Waals surface area (Å²) in [5.41, 5.74) is 6.66. The molecule has 0 atom stereocenters. The lowest BCUT2D eigenvalue weighted by atomic mass is 10.2. The molecule has 0 aliphatic heterocycles. The number of nitrogens with two attached hydrogens (primary N) is 1. The molecule has 1 aromatic rings. The molecule has 1 aromatic carbocycles. The quantitative estimate of drug-likeness (QED) is 0.780. The van der Waals surface area contributed by atoms with Crippen molar-refractivity contribution in [3.63, 3.8) is 0 Å². The molecule has 102 valence electrons. The van der Waals surface area contributed by atoms with Crippen LogP contribution in [-0.4, -0.2) is 23.9 Å². The zero-order chi connectivity index (χ0) is 14.0. The van der Waals surface area contributed by atoms with Crippen LogP contribution >= 0.6 is 15.9 Å². The van der Waals surface area contributed by atoms with Gasteiger partial charge in [0.25, 0.3) is 0 Å². The molecule has 6 heteroatoms. The van der Waals surface area contributed by atoms with Crippen LogP contribution in [0.15, 0.2) is 22.7 Å². The molecule has 1 saturated carbocycles. The third-order valence-corrected chi connectivity index (χ3v) is 3.61. The van der Waals surface area contributed by atoms with Gasteiger partial charge in [0.1, 0.15) is 0 Å². The van der Waals surface area contributed by atoms with Crippen molar-refractivity contribution in [2.75, 3.05) is 11.9 Å². The number of nitrogens with one attached hydrogen (secondary N) is 2. The van der Waals surface area contributed by atoms with Gasteiger partial charge in [0.05, 0.1) is 12.1 Å². The van der Waals surface area contributed by atoms with E-state index in [-0.39, 0.29) is 18.4 Å². The number of hydrogen-bond acceptors (Lipinski definition) is 3. The Bertz CT molecular complexity index is 527. The molecule has 0 unspecified atom stereocenters. The van der Waals surface area contributed by atoms with Gasteiger partial charge in [0.2, 0.25) is 11.8 Å². The van der Waals surface area contributed by atoms with E-state index in [9.17, 15) is 9.59 Å². The first-order valence-corrected chi connectivity index (χ1v) is 6.83. The number of carbonyl (C=O) groups excluding carboxylic acids is 2. The van der Waals surface area contributed by atoms with E-state index < -0.39 is 5.54 Å². The van der Waals surface area contributed by atoms with Crippen LogP contribution in [0.3, 0.4) is 0 Å². The molecule has 2 amide bonds. The highest BCUT2D eigenvalue weighted by Gasteiger charge is 2.45. The van der Waals surface area contributed by atoms with Crippen molar-refractivity contribution < 1.29 is 9.59 Å². The van der Waals surface area contributed by atoms with Crippen molar-refractivity contribution in [1.82, 2.24) is 5.32 Å². The van der Waals surface area contributed by atoms with Crippen molar-refractivity contribution in [3.05, 3.63) is 28.2 Å². The first-order chi connectivity index (χ1) is 8.90. The molecule has 0 heterocycles. The van der Waals surface area contributed by atoms with E-state index in [0.29, 0.717) is 12.8 Å². The number of aryl methyl sites for hydroxylation is 1. The van der Waals surface area contributed by atoms with E-state index in [1.807, 2.05) is 25.1 Å². The Morgan fingerprint density at radius 1 is 1.42 bits per heavy atom. The number of hydrogen-bond donors (Lipinski definition) is 3. The SMILES string of the molecule is Cc1cc(Br)ccc1NC(=O)CNC(=O)C1(N)CC1. The first kappa shape index (κ1) is 14.0. The van der Waals surface area contributed by atoms with Gasteiger partial charge in [-0.1, -0.05) is 15.9 Å². The predicted molar refractivity (Wildman–Crippen MR) is 76.7 cm³/mol. The van der Waals surface area contributed by atoms with Crippen LogP contribution in [0.4, 0.5) is 5.69 Å². The first-order valence-electron chi connectivity index (χ1n) is 6.04. The van der Waals surface area contributed by atoms with Crippen molar-refractivity contribution in [2.45, 2.75) is 25.3 Å². The number of amides is 2. The summed E-state index contributed by atoms with van der Waals surface area (Å²) in [5.74, 6) is -0.516. The minimum Gasteiger partial charge on any atom is -0.345 e. The van der Waals surface area contributed by atoms with Gasteiger partial charge in [-0.15, -0.1) is 0 Å². The van der Waals surface area contributed by atoms with Crippen LogP contribution in [0.25, 0.3) is 0 Å². The second-order valence-electron chi connectivity index (χ2n) is 4.85. The summed E-state index contributed by atoms with van der Waals surface area (Å²) >= 11 is 3.36. The normalized spacial score (nSPS) is 15.7. The zero-order valence-electron chi connectivity index (χ0n) is 10.6. The molecule has 1 fully saturated rings. The Labute approximate surface area is 120 Å². The summed E-state index contributed by atoms with van der Waals surface area (Å²) < 4.78 is 0.954. The topological polar surface area (TPSA) is 84.2 Å². The summed E-state index contributed by atoms with van der Waals surface area (Å²) in [7, 11) is 0. The Balaban J connectivity index is 1.85. The highest BCUT2D eigenvalue weighted by atomic mass is 79.9. The van der Waals surface area contributed by atoms with Gasteiger partial charge < -0.3 is 16.4 Å². The maximum atomic E-state index is 11.7. The van der Waals surface area contributed by atoms with Gasteiger partial charge in [0, 0.05) is 10.2 Å². The fourth-order valence-electron chi connectivity index (χ4n) is 1.66. The minimum absolute atomic E-state index is 0.0622. The van der Waals surface area contributed by atoms with E-state index in [2.05, 4.69) is 26.6 Å². The lowest BCUT2D eigenvalue weighted by Crippen LogP contribution is -2.45. The Kier molecular flexibility index (Phi) is 3.91. The minimum atomic E-state index is -0.742.